The molecule has 0 bridgehead atoms. The highest BCUT2D eigenvalue weighted by atomic mass is 16.5. The maximum absolute atomic E-state index is 13.2. The molecule has 2 N–H and O–H groups in total. The fraction of sp³-hybridized carbons (Fsp3) is 0.304. The van der Waals surface area contributed by atoms with Crippen LogP contribution in [-0.2, 0) is 15.1 Å². The number of benzene rings is 2. The van der Waals surface area contributed by atoms with Crippen LogP contribution in [0.3, 0.4) is 0 Å². The van der Waals surface area contributed by atoms with Crippen molar-refractivity contribution in [2.45, 2.75) is 18.9 Å². The van der Waals surface area contributed by atoms with E-state index in [4.69, 9.17) is 4.74 Å². The molecule has 9 nitrogen and oxygen atoms in total. The summed E-state index contributed by atoms with van der Waals surface area (Å²) in [6.07, 6.45) is 0.316. The molecule has 0 spiro atoms. The van der Waals surface area contributed by atoms with Crippen LogP contribution in [0.4, 0.5) is 10.5 Å². The second-order valence-corrected chi connectivity index (χ2v) is 7.64. The van der Waals surface area contributed by atoms with Gasteiger partial charge in [-0.05, 0) is 42.3 Å². The average Bonchev–Trinajstić information content (AvgIpc) is 3.03. The summed E-state index contributed by atoms with van der Waals surface area (Å²) < 4.78 is 5.15. The maximum Gasteiger partial charge on any atom is 0.325 e. The van der Waals surface area contributed by atoms with Crippen LogP contribution in [0.25, 0.3) is 0 Å². The van der Waals surface area contributed by atoms with Gasteiger partial charge in [-0.2, -0.15) is 0 Å². The van der Waals surface area contributed by atoms with Gasteiger partial charge in [0.15, 0.2) is 0 Å². The van der Waals surface area contributed by atoms with Gasteiger partial charge in [0, 0.05) is 25.3 Å². The predicted octanol–water partition coefficient (Wildman–Crippen LogP) is 2.19. The Morgan fingerprint density at radius 1 is 1.12 bits per heavy atom. The summed E-state index contributed by atoms with van der Waals surface area (Å²) in [6, 6.07) is 12.7. The number of nitrogens with one attached hydrogen (secondary N) is 2. The van der Waals surface area contributed by atoms with Crippen LogP contribution in [0.1, 0.15) is 29.3 Å². The van der Waals surface area contributed by atoms with Gasteiger partial charge in [0.05, 0.1) is 7.11 Å². The Morgan fingerprint density at radius 2 is 1.81 bits per heavy atom. The van der Waals surface area contributed by atoms with Crippen molar-refractivity contribution in [2.75, 3.05) is 33.1 Å². The molecule has 1 aliphatic rings. The molecule has 0 aromatic heterocycles. The van der Waals surface area contributed by atoms with E-state index < -0.39 is 29.9 Å². The normalized spacial score (nSPS) is 17.7. The molecule has 2 aromatic rings. The predicted molar refractivity (Wildman–Crippen MR) is 118 cm³/mol. The van der Waals surface area contributed by atoms with Crippen LogP contribution in [0.2, 0.25) is 0 Å². The second kappa shape index (κ2) is 9.09. The molecule has 32 heavy (non-hydrogen) atoms. The van der Waals surface area contributed by atoms with Crippen molar-refractivity contribution >= 4 is 29.4 Å². The van der Waals surface area contributed by atoms with E-state index in [0.29, 0.717) is 29.0 Å². The fourth-order valence-electron chi connectivity index (χ4n) is 3.62. The fourth-order valence-corrected chi connectivity index (χ4v) is 3.62. The van der Waals surface area contributed by atoms with E-state index in [-0.39, 0.29) is 5.91 Å². The molecule has 1 fully saturated rings. The van der Waals surface area contributed by atoms with E-state index in [0.717, 1.165) is 4.90 Å². The second-order valence-electron chi connectivity index (χ2n) is 7.64. The Morgan fingerprint density at radius 3 is 2.41 bits per heavy atom. The Labute approximate surface area is 186 Å². The molecular weight excluding hydrogens is 412 g/mol. The van der Waals surface area contributed by atoms with Crippen LogP contribution in [0, 0.1) is 0 Å². The standard InChI is InChI=1S/C23H26N4O5/c1-5-23(16-9-11-18(32-4)12-10-16)21(30)27(22(31)25-23)14-19(28)24-17-8-6-7-15(13-17)20(29)26(2)3/h6-13H,5,14H2,1-4H3,(H,24,28)(H,25,31). The molecule has 1 aliphatic heterocycles. The van der Waals surface area contributed by atoms with E-state index in [1.54, 1.807) is 76.7 Å². The Bertz CT molecular complexity index is 1050. The summed E-state index contributed by atoms with van der Waals surface area (Å²) in [6.45, 7) is 1.34. The molecule has 1 saturated heterocycles. The Kier molecular flexibility index (Phi) is 6.47. The molecule has 168 valence electrons. The van der Waals surface area contributed by atoms with Gasteiger partial charge >= 0.3 is 6.03 Å². The topological polar surface area (TPSA) is 108 Å². The molecule has 1 unspecified atom stereocenters. The third-order valence-corrected chi connectivity index (χ3v) is 5.39. The van der Waals surface area contributed by atoms with Crippen molar-refractivity contribution in [1.29, 1.82) is 0 Å². The third-order valence-electron chi connectivity index (χ3n) is 5.39. The van der Waals surface area contributed by atoms with Crippen molar-refractivity contribution in [2.24, 2.45) is 0 Å². The molecule has 3 rings (SSSR count). The van der Waals surface area contributed by atoms with Gasteiger partial charge < -0.3 is 20.3 Å². The zero-order chi connectivity index (χ0) is 23.5. The highest BCUT2D eigenvalue weighted by Gasteiger charge is 2.51. The van der Waals surface area contributed by atoms with Gasteiger partial charge in [-0.15, -0.1) is 0 Å². The first-order valence-electron chi connectivity index (χ1n) is 10.1. The Hall–Kier alpha value is -3.88. The van der Waals surface area contributed by atoms with Crippen molar-refractivity contribution < 1.29 is 23.9 Å². The highest BCUT2D eigenvalue weighted by molar-refractivity contribution is 6.10. The van der Waals surface area contributed by atoms with E-state index in [9.17, 15) is 19.2 Å². The van der Waals surface area contributed by atoms with Crippen molar-refractivity contribution in [3.8, 4) is 5.75 Å². The number of ether oxygens (including phenoxy) is 1. The summed E-state index contributed by atoms with van der Waals surface area (Å²) in [5.41, 5.74) is 0.165. The molecule has 1 atom stereocenters. The minimum Gasteiger partial charge on any atom is -0.497 e. The molecular formula is C23H26N4O5. The summed E-state index contributed by atoms with van der Waals surface area (Å²) in [4.78, 5) is 52.9. The first kappa shape index (κ1) is 22.8. The first-order valence-corrected chi connectivity index (χ1v) is 10.1. The number of hydrogen-bond acceptors (Lipinski definition) is 5. The largest absolute Gasteiger partial charge is 0.497 e. The lowest BCUT2D eigenvalue weighted by molar-refractivity contribution is -0.134. The molecule has 0 radical (unpaired) electrons. The van der Waals surface area contributed by atoms with Gasteiger partial charge in [-0.3, -0.25) is 19.3 Å². The van der Waals surface area contributed by atoms with Gasteiger partial charge in [0.25, 0.3) is 11.8 Å². The lowest BCUT2D eigenvalue weighted by Crippen LogP contribution is -2.44. The highest BCUT2D eigenvalue weighted by Crippen LogP contribution is 2.33. The van der Waals surface area contributed by atoms with Crippen LogP contribution in [-0.4, -0.2) is 61.3 Å². The van der Waals surface area contributed by atoms with Crippen LogP contribution in [0.15, 0.2) is 48.5 Å². The van der Waals surface area contributed by atoms with Crippen LogP contribution < -0.4 is 15.4 Å². The van der Waals surface area contributed by atoms with Crippen LogP contribution in [0.5, 0.6) is 5.75 Å². The quantitative estimate of drug-likeness (QED) is 0.645. The van der Waals surface area contributed by atoms with Gasteiger partial charge in [-0.1, -0.05) is 25.1 Å². The van der Waals surface area contributed by atoms with E-state index in [2.05, 4.69) is 10.6 Å². The average molecular weight is 438 g/mol. The van der Waals surface area contributed by atoms with E-state index in [1.807, 2.05) is 0 Å². The van der Waals surface area contributed by atoms with Gasteiger partial charge in [0.2, 0.25) is 5.91 Å². The lowest BCUT2D eigenvalue weighted by Gasteiger charge is -2.26. The summed E-state index contributed by atoms with van der Waals surface area (Å²) in [5, 5.41) is 5.39. The van der Waals surface area contributed by atoms with Crippen LogP contribution >= 0.6 is 0 Å². The zero-order valence-corrected chi connectivity index (χ0v) is 18.5. The number of urea groups is 1. The van der Waals surface area contributed by atoms with E-state index in [1.165, 1.54) is 4.90 Å². The molecule has 0 saturated carbocycles. The number of hydrogen-bond donors (Lipinski definition) is 2. The van der Waals surface area contributed by atoms with Gasteiger partial charge in [-0.25, -0.2) is 4.79 Å². The van der Waals surface area contributed by atoms with E-state index >= 15 is 0 Å². The zero-order valence-electron chi connectivity index (χ0n) is 18.5. The summed E-state index contributed by atoms with van der Waals surface area (Å²) in [7, 11) is 4.81. The van der Waals surface area contributed by atoms with Crippen molar-refractivity contribution in [3.63, 3.8) is 0 Å². The molecule has 0 aliphatic carbocycles. The SMILES string of the molecule is CCC1(c2ccc(OC)cc2)NC(=O)N(CC(=O)Nc2cccc(C(=O)N(C)C)c2)C1=O. The van der Waals surface area contributed by atoms with Gasteiger partial charge in [0.1, 0.15) is 17.8 Å². The number of rotatable bonds is 7. The number of carbonyl (C=O) groups excluding carboxylic acids is 4. The Balaban J connectivity index is 1.75. The lowest BCUT2D eigenvalue weighted by atomic mass is 9.87. The molecule has 5 amide bonds. The number of methoxy groups -OCH3 is 1. The summed E-state index contributed by atoms with van der Waals surface area (Å²) in [5.74, 6) is -0.628. The first-order chi connectivity index (χ1) is 15.2. The minimum atomic E-state index is -1.25. The number of imide groups is 1. The third kappa shape index (κ3) is 4.27. The summed E-state index contributed by atoms with van der Waals surface area (Å²) >= 11 is 0. The number of amides is 5. The number of nitrogens with zero attached hydrogens (tertiary/aromatic N) is 2. The maximum atomic E-state index is 13.2. The molecule has 2 aromatic carbocycles. The monoisotopic (exact) mass is 438 g/mol. The minimum absolute atomic E-state index is 0.206. The molecule has 9 heteroatoms. The number of carbonyl (C=O) groups is 4. The smallest absolute Gasteiger partial charge is 0.325 e. The van der Waals surface area contributed by atoms with Crippen molar-refractivity contribution in [1.82, 2.24) is 15.1 Å². The van der Waals surface area contributed by atoms with Crippen molar-refractivity contribution in [3.05, 3.63) is 59.7 Å². The molecule has 1 heterocycles. The number of anilines is 1.